The van der Waals surface area contributed by atoms with Crippen LogP contribution in [0.5, 0.6) is 5.75 Å². The van der Waals surface area contributed by atoms with Gasteiger partial charge in [-0.15, -0.1) is 0 Å². The average Bonchev–Trinajstić information content (AvgIpc) is 2.41. The van der Waals surface area contributed by atoms with Gasteiger partial charge in [0.25, 0.3) is 0 Å². The Morgan fingerprint density at radius 2 is 1.72 bits per heavy atom. The van der Waals surface area contributed by atoms with Crippen molar-refractivity contribution in [3.8, 4) is 5.75 Å². The zero-order valence-corrected chi connectivity index (χ0v) is 11.7. The van der Waals surface area contributed by atoms with E-state index < -0.39 is 0 Å². The molecule has 0 aliphatic rings. The van der Waals surface area contributed by atoms with Gasteiger partial charge in [-0.25, -0.2) is 4.39 Å². The molecule has 0 atom stereocenters. The van der Waals surface area contributed by atoms with Crippen LogP contribution < -0.4 is 4.74 Å². The van der Waals surface area contributed by atoms with E-state index in [1.54, 1.807) is 12.1 Å². The molecule has 0 saturated carbocycles. The van der Waals surface area contributed by atoms with Gasteiger partial charge in [0.15, 0.2) is 0 Å². The summed E-state index contributed by atoms with van der Waals surface area (Å²) in [5.74, 6) is 0.373. The van der Waals surface area contributed by atoms with Crippen molar-refractivity contribution in [1.29, 1.82) is 0 Å². The van der Waals surface area contributed by atoms with Crippen molar-refractivity contribution in [2.24, 2.45) is 0 Å². The van der Waals surface area contributed by atoms with E-state index in [9.17, 15) is 4.39 Å². The summed E-state index contributed by atoms with van der Waals surface area (Å²) in [6, 6.07) is 12.9. The number of hydrogen-bond acceptors (Lipinski definition) is 1. The summed E-state index contributed by atoms with van der Waals surface area (Å²) in [4.78, 5) is 0. The Morgan fingerprint density at radius 1 is 1.06 bits per heavy atom. The smallest absolute Gasteiger partial charge is 0.137 e. The van der Waals surface area contributed by atoms with Crippen LogP contribution >= 0.6 is 15.9 Å². The lowest BCUT2D eigenvalue weighted by Gasteiger charge is -2.07. The second-order valence-corrected chi connectivity index (χ2v) is 4.89. The highest BCUT2D eigenvalue weighted by Gasteiger charge is 2.01. The summed E-state index contributed by atoms with van der Waals surface area (Å²) >= 11 is 3.14. The summed E-state index contributed by atoms with van der Waals surface area (Å²) in [7, 11) is 0. The Bertz CT molecular complexity index is 523. The molecule has 0 N–H and O–H groups in total. The van der Waals surface area contributed by atoms with Gasteiger partial charge in [-0.1, -0.05) is 31.2 Å². The maximum absolute atomic E-state index is 13.0. The minimum atomic E-state index is -0.283. The van der Waals surface area contributed by atoms with E-state index in [-0.39, 0.29) is 5.82 Å². The van der Waals surface area contributed by atoms with Crippen molar-refractivity contribution in [3.63, 3.8) is 0 Å². The Balaban J connectivity index is 1.99. The summed E-state index contributed by atoms with van der Waals surface area (Å²) in [5.41, 5.74) is 2.41. The molecule has 0 heterocycles. The number of hydrogen-bond donors (Lipinski definition) is 0. The molecule has 0 aliphatic heterocycles. The van der Waals surface area contributed by atoms with E-state index in [1.807, 2.05) is 0 Å². The normalized spacial score (nSPS) is 10.4. The lowest BCUT2D eigenvalue weighted by Crippen LogP contribution is -1.96. The molecular formula is C15H14BrFO. The zero-order chi connectivity index (χ0) is 13.0. The SMILES string of the molecule is CCc1ccc(COc2ccc(F)c(Br)c2)cc1. The summed E-state index contributed by atoms with van der Waals surface area (Å²) in [6.45, 7) is 2.61. The van der Waals surface area contributed by atoms with Gasteiger partial charge in [0, 0.05) is 0 Å². The van der Waals surface area contributed by atoms with Crippen LogP contribution in [0.25, 0.3) is 0 Å². The molecule has 0 aromatic heterocycles. The molecule has 0 fully saturated rings. The predicted molar refractivity (Wildman–Crippen MR) is 74.3 cm³/mol. The van der Waals surface area contributed by atoms with E-state index in [4.69, 9.17) is 4.74 Å². The molecule has 2 aromatic carbocycles. The third kappa shape index (κ3) is 3.33. The molecular weight excluding hydrogens is 295 g/mol. The van der Waals surface area contributed by atoms with Gasteiger partial charge in [0.1, 0.15) is 18.2 Å². The van der Waals surface area contributed by atoms with Crippen LogP contribution in [0, 0.1) is 5.82 Å². The van der Waals surface area contributed by atoms with Crippen LogP contribution in [0.3, 0.4) is 0 Å². The third-order valence-electron chi connectivity index (χ3n) is 2.73. The molecule has 2 aromatic rings. The van der Waals surface area contributed by atoms with Crippen LogP contribution in [0.1, 0.15) is 18.1 Å². The maximum Gasteiger partial charge on any atom is 0.137 e. The molecule has 0 bridgehead atoms. The van der Waals surface area contributed by atoms with Crippen LogP contribution in [-0.2, 0) is 13.0 Å². The number of benzene rings is 2. The molecule has 1 nitrogen and oxygen atoms in total. The topological polar surface area (TPSA) is 9.23 Å². The van der Waals surface area contributed by atoms with E-state index in [0.717, 1.165) is 12.0 Å². The van der Waals surface area contributed by atoms with Crippen molar-refractivity contribution < 1.29 is 9.13 Å². The molecule has 0 saturated heterocycles. The van der Waals surface area contributed by atoms with Gasteiger partial charge in [-0.2, -0.15) is 0 Å². The van der Waals surface area contributed by atoms with Crippen LogP contribution in [0.15, 0.2) is 46.9 Å². The van der Waals surface area contributed by atoms with Gasteiger partial charge in [-0.3, -0.25) is 0 Å². The first-order chi connectivity index (χ1) is 8.69. The minimum Gasteiger partial charge on any atom is -0.489 e. The van der Waals surface area contributed by atoms with Gasteiger partial charge in [0.05, 0.1) is 4.47 Å². The first kappa shape index (κ1) is 13.1. The maximum atomic E-state index is 13.0. The number of halogens is 2. The first-order valence-electron chi connectivity index (χ1n) is 5.84. The highest BCUT2D eigenvalue weighted by Crippen LogP contribution is 2.22. The fourth-order valence-electron chi connectivity index (χ4n) is 1.60. The fraction of sp³-hybridized carbons (Fsp3) is 0.200. The first-order valence-corrected chi connectivity index (χ1v) is 6.64. The fourth-order valence-corrected chi connectivity index (χ4v) is 1.96. The summed E-state index contributed by atoms with van der Waals surface area (Å²) in [6.07, 6.45) is 1.03. The van der Waals surface area contributed by atoms with Crippen molar-refractivity contribution in [2.75, 3.05) is 0 Å². The lowest BCUT2D eigenvalue weighted by atomic mass is 10.1. The molecule has 94 valence electrons. The molecule has 0 spiro atoms. The zero-order valence-electron chi connectivity index (χ0n) is 10.1. The molecule has 3 heteroatoms. The summed E-state index contributed by atoms with van der Waals surface area (Å²) < 4.78 is 19.1. The van der Waals surface area contributed by atoms with E-state index in [2.05, 4.69) is 47.1 Å². The highest BCUT2D eigenvalue weighted by molar-refractivity contribution is 9.10. The summed E-state index contributed by atoms with van der Waals surface area (Å²) in [5, 5.41) is 0. The van der Waals surface area contributed by atoms with Crippen LogP contribution in [0.4, 0.5) is 4.39 Å². The molecule has 2 rings (SSSR count). The lowest BCUT2D eigenvalue weighted by molar-refractivity contribution is 0.305. The standard InChI is InChI=1S/C15H14BrFO/c1-2-11-3-5-12(6-4-11)10-18-13-7-8-15(17)14(16)9-13/h3-9H,2,10H2,1H3. The molecule has 0 radical (unpaired) electrons. The molecule has 18 heavy (non-hydrogen) atoms. The third-order valence-corrected chi connectivity index (χ3v) is 3.34. The Hall–Kier alpha value is -1.35. The van der Waals surface area contributed by atoms with Gasteiger partial charge in [0.2, 0.25) is 0 Å². The predicted octanol–water partition coefficient (Wildman–Crippen LogP) is 4.73. The van der Waals surface area contributed by atoms with E-state index in [0.29, 0.717) is 16.8 Å². The Morgan fingerprint density at radius 3 is 2.33 bits per heavy atom. The van der Waals surface area contributed by atoms with Crippen LogP contribution in [-0.4, -0.2) is 0 Å². The van der Waals surface area contributed by atoms with Gasteiger partial charge in [-0.05, 0) is 51.7 Å². The van der Waals surface area contributed by atoms with Crippen molar-refractivity contribution in [2.45, 2.75) is 20.0 Å². The van der Waals surface area contributed by atoms with Gasteiger partial charge >= 0.3 is 0 Å². The van der Waals surface area contributed by atoms with Crippen molar-refractivity contribution in [1.82, 2.24) is 0 Å². The van der Waals surface area contributed by atoms with Crippen LogP contribution in [0.2, 0.25) is 0 Å². The van der Waals surface area contributed by atoms with E-state index >= 15 is 0 Å². The molecule has 0 aliphatic carbocycles. The quantitative estimate of drug-likeness (QED) is 0.793. The Kier molecular flexibility index (Phi) is 4.37. The van der Waals surface area contributed by atoms with Gasteiger partial charge < -0.3 is 4.74 Å². The van der Waals surface area contributed by atoms with E-state index in [1.165, 1.54) is 11.6 Å². The molecule has 0 unspecified atom stereocenters. The number of ether oxygens (including phenoxy) is 1. The highest BCUT2D eigenvalue weighted by atomic mass is 79.9. The second kappa shape index (κ2) is 6.01. The minimum absolute atomic E-state index is 0.283. The largest absolute Gasteiger partial charge is 0.489 e. The number of rotatable bonds is 4. The second-order valence-electron chi connectivity index (χ2n) is 4.03. The van der Waals surface area contributed by atoms with Crippen molar-refractivity contribution in [3.05, 3.63) is 63.9 Å². The average molecular weight is 309 g/mol. The Labute approximate surface area is 115 Å². The molecule has 0 amide bonds. The monoisotopic (exact) mass is 308 g/mol. The number of aryl methyl sites for hydroxylation is 1. The van der Waals surface area contributed by atoms with Crippen molar-refractivity contribution >= 4 is 15.9 Å².